The van der Waals surface area contributed by atoms with Crippen LogP contribution in [-0.2, 0) is 19.6 Å². The molecule has 2 N–H and O–H groups in total. The second-order valence-corrected chi connectivity index (χ2v) is 7.76. The van der Waals surface area contributed by atoms with E-state index in [2.05, 4.69) is 0 Å². The number of sulfonamides is 1. The van der Waals surface area contributed by atoms with E-state index in [-0.39, 0.29) is 24.0 Å². The molecule has 1 amide bonds. The molecule has 28 heavy (non-hydrogen) atoms. The highest BCUT2D eigenvalue weighted by molar-refractivity contribution is 7.89. The lowest BCUT2D eigenvalue weighted by Gasteiger charge is -2.16. The van der Waals surface area contributed by atoms with Gasteiger partial charge in [-0.25, -0.2) is 18.4 Å². The molecule has 1 aliphatic rings. The summed E-state index contributed by atoms with van der Waals surface area (Å²) in [5.74, 6) is -0.0352. The monoisotopic (exact) mass is 404 g/mol. The molecule has 0 atom stereocenters. The largest absolute Gasteiger partial charge is 0.490 e. The SMILES string of the molecule is NS(=O)(=O)c1ccc(OCCOC(=O)c2cccc(N3CCCC3=O)c2)cc1. The van der Waals surface area contributed by atoms with E-state index in [4.69, 9.17) is 14.6 Å². The number of nitrogens with zero attached hydrogens (tertiary/aromatic N) is 1. The van der Waals surface area contributed by atoms with Crippen LogP contribution in [0.4, 0.5) is 5.69 Å². The Kier molecular flexibility index (Phi) is 5.96. The second kappa shape index (κ2) is 8.41. The fourth-order valence-electron chi connectivity index (χ4n) is 2.82. The summed E-state index contributed by atoms with van der Waals surface area (Å²) in [5, 5.41) is 5.03. The van der Waals surface area contributed by atoms with Crippen LogP contribution in [0.15, 0.2) is 53.4 Å². The van der Waals surface area contributed by atoms with E-state index in [9.17, 15) is 18.0 Å². The Morgan fingerprint density at radius 1 is 1.11 bits per heavy atom. The number of ether oxygens (including phenoxy) is 2. The minimum atomic E-state index is -3.75. The van der Waals surface area contributed by atoms with Gasteiger partial charge in [-0.05, 0) is 48.9 Å². The van der Waals surface area contributed by atoms with Crippen molar-refractivity contribution in [1.29, 1.82) is 0 Å². The smallest absolute Gasteiger partial charge is 0.338 e. The third-order valence-corrected chi connectivity index (χ3v) is 5.13. The summed E-state index contributed by atoms with van der Waals surface area (Å²) < 4.78 is 33.0. The molecule has 9 heteroatoms. The van der Waals surface area contributed by atoms with Crippen molar-refractivity contribution in [3.05, 3.63) is 54.1 Å². The topological polar surface area (TPSA) is 116 Å². The number of esters is 1. The number of carbonyl (C=O) groups excluding carboxylic acids is 2. The molecule has 8 nitrogen and oxygen atoms in total. The zero-order valence-corrected chi connectivity index (χ0v) is 15.9. The number of amides is 1. The Morgan fingerprint density at radius 3 is 2.50 bits per heavy atom. The van der Waals surface area contributed by atoms with Gasteiger partial charge in [-0.15, -0.1) is 0 Å². The average molecular weight is 404 g/mol. The van der Waals surface area contributed by atoms with Crippen LogP contribution in [0.1, 0.15) is 23.2 Å². The maximum Gasteiger partial charge on any atom is 0.338 e. The molecule has 0 radical (unpaired) electrons. The molecule has 1 saturated heterocycles. The maximum absolute atomic E-state index is 12.2. The van der Waals surface area contributed by atoms with Gasteiger partial charge in [0.15, 0.2) is 0 Å². The highest BCUT2D eigenvalue weighted by Gasteiger charge is 2.22. The average Bonchev–Trinajstić information content (AvgIpc) is 3.11. The second-order valence-electron chi connectivity index (χ2n) is 6.20. The lowest BCUT2D eigenvalue weighted by molar-refractivity contribution is -0.117. The molecule has 3 rings (SSSR count). The molecule has 0 spiro atoms. The van der Waals surface area contributed by atoms with E-state index < -0.39 is 16.0 Å². The fraction of sp³-hybridized carbons (Fsp3) is 0.263. The van der Waals surface area contributed by atoms with Gasteiger partial charge in [0, 0.05) is 18.7 Å². The highest BCUT2D eigenvalue weighted by Crippen LogP contribution is 2.22. The number of primary sulfonamides is 1. The molecule has 2 aromatic carbocycles. The first-order valence-corrected chi connectivity index (χ1v) is 10.2. The van der Waals surface area contributed by atoms with Gasteiger partial charge in [0.25, 0.3) is 0 Å². The first-order valence-electron chi connectivity index (χ1n) is 8.68. The molecule has 2 aromatic rings. The van der Waals surface area contributed by atoms with Crippen LogP contribution in [-0.4, -0.2) is 40.1 Å². The standard InChI is InChI=1S/C19H20N2O6S/c20-28(24,25)17-8-6-16(7-9-17)26-11-12-27-19(23)14-3-1-4-15(13-14)21-10-2-5-18(21)22/h1,3-4,6-9,13H,2,5,10-12H2,(H2,20,24,25). The summed E-state index contributed by atoms with van der Waals surface area (Å²) in [6.07, 6.45) is 1.33. The van der Waals surface area contributed by atoms with Crippen LogP contribution >= 0.6 is 0 Å². The van der Waals surface area contributed by atoms with Gasteiger partial charge >= 0.3 is 5.97 Å². The first kappa shape index (κ1) is 19.8. The Balaban J connectivity index is 1.50. The van der Waals surface area contributed by atoms with Crippen molar-refractivity contribution in [3.63, 3.8) is 0 Å². The van der Waals surface area contributed by atoms with E-state index in [1.54, 1.807) is 29.2 Å². The molecule has 0 saturated carbocycles. The highest BCUT2D eigenvalue weighted by atomic mass is 32.2. The normalized spacial score (nSPS) is 14.2. The third-order valence-electron chi connectivity index (χ3n) is 4.20. The lowest BCUT2D eigenvalue weighted by Crippen LogP contribution is -2.24. The lowest BCUT2D eigenvalue weighted by atomic mass is 10.2. The molecule has 0 unspecified atom stereocenters. The van der Waals surface area contributed by atoms with E-state index in [0.717, 1.165) is 6.42 Å². The molecule has 1 heterocycles. The molecule has 1 aliphatic heterocycles. The zero-order valence-electron chi connectivity index (χ0n) is 15.0. The number of anilines is 1. The van der Waals surface area contributed by atoms with Crippen LogP contribution in [0.3, 0.4) is 0 Å². The van der Waals surface area contributed by atoms with Crippen molar-refractivity contribution in [2.24, 2.45) is 5.14 Å². The number of hydrogen-bond donors (Lipinski definition) is 1. The number of benzene rings is 2. The number of nitrogens with two attached hydrogens (primary N) is 1. The van der Waals surface area contributed by atoms with Gasteiger partial charge in [0.05, 0.1) is 10.5 Å². The quantitative estimate of drug-likeness (QED) is 0.555. The predicted molar refractivity (Wildman–Crippen MR) is 102 cm³/mol. The summed E-state index contributed by atoms with van der Waals surface area (Å²) in [7, 11) is -3.75. The zero-order chi connectivity index (χ0) is 20.1. The fourth-order valence-corrected chi connectivity index (χ4v) is 3.34. The number of carbonyl (C=O) groups is 2. The van der Waals surface area contributed by atoms with Crippen LogP contribution < -0.4 is 14.8 Å². The van der Waals surface area contributed by atoms with Gasteiger partial charge in [0.1, 0.15) is 19.0 Å². The minimum Gasteiger partial charge on any atom is -0.490 e. The van der Waals surface area contributed by atoms with Gasteiger partial charge in [-0.3, -0.25) is 4.79 Å². The summed E-state index contributed by atoms with van der Waals surface area (Å²) in [6.45, 7) is 0.767. The molecular weight excluding hydrogens is 384 g/mol. The summed E-state index contributed by atoms with van der Waals surface area (Å²) in [4.78, 5) is 25.7. The minimum absolute atomic E-state index is 0.0114. The Bertz CT molecular complexity index is 972. The Morgan fingerprint density at radius 2 is 1.86 bits per heavy atom. The van der Waals surface area contributed by atoms with Gasteiger partial charge in [-0.2, -0.15) is 0 Å². The van der Waals surface area contributed by atoms with Gasteiger partial charge in [-0.1, -0.05) is 6.07 Å². The van der Waals surface area contributed by atoms with Crippen molar-refractivity contribution >= 4 is 27.6 Å². The Hall–Kier alpha value is -2.91. The Labute approximate surface area is 162 Å². The van der Waals surface area contributed by atoms with Crippen LogP contribution in [0.25, 0.3) is 0 Å². The molecule has 1 fully saturated rings. The summed E-state index contributed by atoms with van der Waals surface area (Å²) in [5.41, 5.74) is 1.04. The van der Waals surface area contributed by atoms with Crippen molar-refractivity contribution < 1.29 is 27.5 Å². The van der Waals surface area contributed by atoms with Crippen molar-refractivity contribution in [1.82, 2.24) is 0 Å². The van der Waals surface area contributed by atoms with Gasteiger partial charge < -0.3 is 14.4 Å². The predicted octanol–water partition coefficient (Wildman–Crippen LogP) is 1.70. The van der Waals surface area contributed by atoms with E-state index >= 15 is 0 Å². The van der Waals surface area contributed by atoms with Crippen molar-refractivity contribution in [2.75, 3.05) is 24.7 Å². The van der Waals surface area contributed by atoms with E-state index in [1.165, 1.54) is 24.3 Å². The first-order chi connectivity index (χ1) is 13.3. The van der Waals surface area contributed by atoms with Gasteiger partial charge in [0.2, 0.25) is 15.9 Å². The van der Waals surface area contributed by atoms with Crippen molar-refractivity contribution in [2.45, 2.75) is 17.7 Å². The maximum atomic E-state index is 12.2. The van der Waals surface area contributed by atoms with Crippen molar-refractivity contribution in [3.8, 4) is 5.75 Å². The van der Waals surface area contributed by atoms with Crippen LogP contribution in [0.2, 0.25) is 0 Å². The molecule has 0 aromatic heterocycles. The summed E-state index contributed by atoms with van der Waals surface area (Å²) in [6, 6.07) is 12.4. The number of rotatable bonds is 7. The molecule has 148 valence electrons. The molecule has 0 aliphatic carbocycles. The van der Waals surface area contributed by atoms with E-state index in [1.807, 2.05) is 0 Å². The molecule has 0 bridgehead atoms. The summed E-state index contributed by atoms with van der Waals surface area (Å²) >= 11 is 0. The van der Waals surface area contributed by atoms with Crippen LogP contribution in [0, 0.1) is 0 Å². The number of hydrogen-bond acceptors (Lipinski definition) is 6. The molecular formula is C19H20N2O6S. The third kappa shape index (κ3) is 4.87. The van der Waals surface area contributed by atoms with Crippen LogP contribution in [0.5, 0.6) is 5.75 Å². The van der Waals surface area contributed by atoms with E-state index in [0.29, 0.717) is 30.0 Å².